The van der Waals surface area contributed by atoms with Crippen molar-refractivity contribution in [3.63, 3.8) is 0 Å². The summed E-state index contributed by atoms with van der Waals surface area (Å²) in [5.74, 6) is -0.0454. The Kier molecular flexibility index (Phi) is 6.36. The fourth-order valence-electron chi connectivity index (χ4n) is 2.68. The molecule has 0 saturated carbocycles. The van der Waals surface area contributed by atoms with Gasteiger partial charge in [-0.3, -0.25) is 9.59 Å². The number of benzene rings is 2. The highest BCUT2D eigenvalue weighted by molar-refractivity contribution is 8.02. The molecular formula is C20H19ClN2O2S. The molecule has 1 fully saturated rings. The third-order valence-electron chi connectivity index (χ3n) is 4.13. The normalized spacial score (nSPS) is 14.7. The summed E-state index contributed by atoms with van der Waals surface area (Å²) in [5.41, 5.74) is 0.619. The molecule has 1 aliphatic rings. The Morgan fingerprint density at radius 2 is 1.50 bits per heavy atom. The van der Waals surface area contributed by atoms with E-state index in [2.05, 4.69) is 0 Å². The molecular weight excluding hydrogens is 368 g/mol. The summed E-state index contributed by atoms with van der Waals surface area (Å²) in [4.78, 5) is 29.4. The van der Waals surface area contributed by atoms with E-state index < -0.39 is 0 Å². The van der Waals surface area contributed by atoms with Gasteiger partial charge in [0.05, 0.1) is 0 Å². The van der Waals surface area contributed by atoms with Crippen molar-refractivity contribution in [3.05, 3.63) is 76.7 Å². The number of carbonyl (C=O) groups is 2. The fourth-order valence-corrected chi connectivity index (χ4v) is 3.46. The molecule has 0 unspecified atom stereocenters. The maximum absolute atomic E-state index is 12.5. The zero-order valence-electron chi connectivity index (χ0n) is 14.2. The second-order valence-electron chi connectivity index (χ2n) is 5.86. The summed E-state index contributed by atoms with van der Waals surface area (Å²) < 4.78 is 0. The van der Waals surface area contributed by atoms with E-state index in [4.69, 9.17) is 11.6 Å². The lowest BCUT2D eigenvalue weighted by Crippen LogP contribution is -2.50. The summed E-state index contributed by atoms with van der Waals surface area (Å²) >= 11 is 7.37. The molecule has 4 nitrogen and oxygen atoms in total. The van der Waals surface area contributed by atoms with Crippen molar-refractivity contribution >= 4 is 35.2 Å². The van der Waals surface area contributed by atoms with Gasteiger partial charge >= 0.3 is 0 Å². The molecule has 0 aromatic heterocycles. The lowest BCUT2D eigenvalue weighted by molar-refractivity contribution is -0.127. The first-order valence-electron chi connectivity index (χ1n) is 8.35. The highest BCUT2D eigenvalue weighted by Crippen LogP contribution is 2.18. The van der Waals surface area contributed by atoms with E-state index in [0.717, 1.165) is 4.90 Å². The van der Waals surface area contributed by atoms with E-state index in [9.17, 15) is 9.59 Å². The minimum Gasteiger partial charge on any atom is -0.336 e. The minimum atomic E-state index is -0.0241. The van der Waals surface area contributed by atoms with E-state index in [1.54, 1.807) is 40.1 Å². The predicted molar refractivity (Wildman–Crippen MR) is 105 cm³/mol. The average Bonchev–Trinajstić information content (AvgIpc) is 2.69. The van der Waals surface area contributed by atoms with Gasteiger partial charge in [-0.25, -0.2) is 0 Å². The van der Waals surface area contributed by atoms with Crippen LogP contribution in [-0.2, 0) is 4.79 Å². The van der Waals surface area contributed by atoms with Crippen LogP contribution in [0, 0.1) is 0 Å². The Morgan fingerprint density at radius 1 is 0.885 bits per heavy atom. The molecule has 2 aromatic carbocycles. The van der Waals surface area contributed by atoms with Crippen LogP contribution in [-0.4, -0.2) is 47.8 Å². The first-order chi connectivity index (χ1) is 12.6. The Bertz CT molecular complexity index is 785. The van der Waals surface area contributed by atoms with Crippen molar-refractivity contribution in [2.45, 2.75) is 4.90 Å². The van der Waals surface area contributed by atoms with Crippen molar-refractivity contribution in [1.29, 1.82) is 0 Å². The van der Waals surface area contributed by atoms with Crippen LogP contribution in [0.25, 0.3) is 0 Å². The van der Waals surface area contributed by atoms with Crippen molar-refractivity contribution in [2.24, 2.45) is 0 Å². The average molecular weight is 387 g/mol. The van der Waals surface area contributed by atoms with Crippen molar-refractivity contribution < 1.29 is 9.59 Å². The number of rotatable bonds is 4. The molecule has 3 rings (SSSR count). The largest absolute Gasteiger partial charge is 0.336 e. The molecule has 26 heavy (non-hydrogen) atoms. The highest BCUT2D eigenvalue weighted by Gasteiger charge is 2.23. The van der Waals surface area contributed by atoms with Crippen LogP contribution >= 0.6 is 23.4 Å². The van der Waals surface area contributed by atoms with Crippen LogP contribution in [0.2, 0.25) is 5.02 Å². The molecule has 2 amide bonds. The molecule has 0 radical (unpaired) electrons. The number of hydrogen-bond donors (Lipinski definition) is 0. The van der Waals surface area contributed by atoms with Crippen molar-refractivity contribution in [1.82, 2.24) is 9.80 Å². The summed E-state index contributed by atoms with van der Waals surface area (Å²) in [5, 5.41) is 2.42. The van der Waals surface area contributed by atoms with Crippen LogP contribution < -0.4 is 0 Å². The molecule has 0 bridgehead atoms. The first kappa shape index (κ1) is 18.5. The number of nitrogens with zero attached hydrogens (tertiary/aromatic N) is 2. The quantitative estimate of drug-likeness (QED) is 0.590. The number of amides is 2. The molecule has 0 aliphatic carbocycles. The van der Waals surface area contributed by atoms with Gasteiger partial charge in [-0.2, -0.15) is 0 Å². The highest BCUT2D eigenvalue weighted by atomic mass is 35.5. The van der Waals surface area contributed by atoms with Crippen LogP contribution in [0.5, 0.6) is 0 Å². The Hall–Kier alpha value is -2.24. The van der Waals surface area contributed by atoms with Crippen LogP contribution in [0.4, 0.5) is 0 Å². The second-order valence-corrected chi connectivity index (χ2v) is 7.27. The summed E-state index contributed by atoms with van der Waals surface area (Å²) in [7, 11) is 0. The van der Waals surface area contributed by atoms with Gasteiger partial charge in [0.2, 0.25) is 5.91 Å². The maximum atomic E-state index is 12.5. The van der Waals surface area contributed by atoms with Gasteiger partial charge in [-0.15, -0.1) is 0 Å². The number of halogens is 1. The molecule has 0 atom stereocenters. The number of hydrogen-bond acceptors (Lipinski definition) is 3. The Balaban J connectivity index is 1.49. The van der Waals surface area contributed by atoms with Gasteiger partial charge in [-0.1, -0.05) is 41.6 Å². The van der Waals surface area contributed by atoms with Gasteiger partial charge in [0.25, 0.3) is 5.91 Å². The molecule has 2 aromatic rings. The van der Waals surface area contributed by atoms with Gasteiger partial charge < -0.3 is 9.80 Å². The standard InChI is InChI=1S/C20H19ClN2O2S/c21-17-8-6-16(7-9-17)20(25)23-13-11-22(12-14-23)19(24)10-15-26-18-4-2-1-3-5-18/h1-10,15H,11-14H2/b15-10+. The SMILES string of the molecule is O=C(/C=C/Sc1ccccc1)N1CCN(C(=O)c2ccc(Cl)cc2)CC1. The maximum Gasteiger partial charge on any atom is 0.253 e. The minimum absolute atomic E-state index is 0.0213. The third kappa shape index (κ3) is 4.90. The van der Waals surface area contributed by atoms with E-state index in [1.165, 1.54) is 11.8 Å². The smallest absolute Gasteiger partial charge is 0.253 e. The van der Waals surface area contributed by atoms with Gasteiger partial charge in [-0.05, 0) is 41.8 Å². The van der Waals surface area contributed by atoms with Gasteiger partial charge in [0, 0.05) is 47.7 Å². The first-order valence-corrected chi connectivity index (χ1v) is 9.61. The summed E-state index contributed by atoms with van der Waals surface area (Å²) in [6.45, 7) is 2.15. The summed E-state index contributed by atoms with van der Waals surface area (Å²) in [6.07, 6.45) is 1.59. The lowest BCUT2D eigenvalue weighted by atomic mass is 10.2. The predicted octanol–water partition coefficient (Wildman–Crippen LogP) is 3.93. The molecule has 0 N–H and O–H groups in total. The third-order valence-corrected chi connectivity index (χ3v) is 5.20. The van der Waals surface area contributed by atoms with Crippen molar-refractivity contribution in [3.8, 4) is 0 Å². The number of piperazine rings is 1. The van der Waals surface area contributed by atoms with E-state index >= 15 is 0 Å². The molecule has 134 valence electrons. The second kappa shape index (κ2) is 8.92. The molecule has 0 spiro atoms. The summed E-state index contributed by atoms with van der Waals surface area (Å²) in [6, 6.07) is 16.8. The van der Waals surface area contributed by atoms with Crippen LogP contribution in [0.1, 0.15) is 10.4 Å². The number of carbonyl (C=O) groups excluding carboxylic acids is 2. The fraction of sp³-hybridized carbons (Fsp3) is 0.200. The van der Waals surface area contributed by atoms with E-state index in [1.807, 2.05) is 35.7 Å². The molecule has 1 heterocycles. The van der Waals surface area contributed by atoms with E-state index in [-0.39, 0.29) is 11.8 Å². The zero-order valence-corrected chi connectivity index (χ0v) is 15.7. The Morgan fingerprint density at radius 3 is 2.15 bits per heavy atom. The number of thioether (sulfide) groups is 1. The van der Waals surface area contributed by atoms with Crippen LogP contribution in [0.15, 0.2) is 71.0 Å². The molecule has 6 heteroatoms. The van der Waals surface area contributed by atoms with E-state index in [0.29, 0.717) is 36.8 Å². The molecule has 1 saturated heterocycles. The zero-order chi connectivity index (χ0) is 18.4. The monoisotopic (exact) mass is 386 g/mol. The van der Waals surface area contributed by atoms with Crippen molar-refractivity contribution in [2.75, 3.05) is 26.2 Å². The molecule has 1 aliphatic heterocycles. The van der Waals surface area contributed by atoms with Gasteiger partial charge in [0.1, 0.15) is 0 Å². The van der Waals surface area contributed by atoms with Crippen LogP contribution in [0.3, 0.4) is 0 Å². The lowest BCUT2D eigenvalue weighted by Gasteiger charge is -2.34. The Labute approximate surface area is 162 Å². The topological polar surface area (TPSA) is 40.6 Å². The van der Waals surface area contributed by atoms with Gasteiger partial charge in [0.15, 0.2) is 0 Å².